The van der Waals surface area contributed by atoms with Gasteiger partial charge in [0.15, 0.2) is 11.5 Å². The minimum absolute atomic E-state index is 0.108. The number of nitrogens with zero attached hydrogens (tertiary/aromatic N) is 1. The third kappa shape index (κ3) is 4.14. The number of hydrogen-bond acceptors (Lipinski definition) is 4. The van der Waals surface area contributed by atoms with Crippen molar-refractivity contribution in [3.05, 3.63) is 23.8 Å². The summed E-state index contributed by atoms with van der Waals surface area (Å²) < 4.78 is 36.0. The highest BCUT2D eigenvalue weighted by atomic mass is 32.2. The molecule has 1 aliphatic rings. The van der Waals surface area contributed by atoms with Gasteiger partial charge in [-0.2, -0.15) is 4.31 Å². The monoisotopic (exact) mass is 327 g/mol. The van der Waals surface area contributed by atoms with Crippen molar-refractivity contribution >= 4 is 10.0 Å². The SMILES string of the molecule is COc1ccc(CCC2CCCCN2S(C)(=O)=O)cc1OC. The summed E-state index contributed by atoms with van der Waals surface area (Å²) >= 11 is 0. The molecule has 1 unspecified atom stereocenters. The van der Waals surface area contributed by atoms with Crippen molar-refractivity contribution in [3.63, 3.8) is 0 Å². The van der Waals surface area contributed by atoms with E-state index in [-0.39, 0.29) is 6.04 Å². The first kappa shape index (κ1) is 17.1. The Bertz CT molecular complexity index is 600. The Kier molecular flexibility index (Phi) is 5.69. The van der Waals surface area contributed by atoms with Gasteiger partial charge in [-0.3, -0.25) is 0 Å². The van der Waals surface area contributed by atoms with Crippen molar-refractivity contribution in [2.24, 2.45) is 0 Å². The van der Waals surface area contributed by atoms with Crippen LogP contribution in [0.25, 0.3) is 0 Å². The van der Waals surface area contributed by atoms with Crippen LogP contribution in [-0.4, -0.2) is 45.8 Å². The second-order valence-electron chi connectivity index (χ2n) is 5.75. The molecule has 0 bridgehead atoms. The standard InChI is InChI=1S/C16H25NO4S/c1-20-15-10-8-13(12-16(15)21-2)7-9-14-6-4-5-11-17(14)22(3,18)19/h8,10,12,14H,4-7,9,11H2,1-3H3. The van der Waals surface area contributed by atoms with E-state index in [2.05, 4.69) is 0 Å². The van der Waals surface area contributed by atoms with Gasteiger partial charge < -0.3 is 9.47 Å². The number of hydrogen-bond donors (Lipinski definition) is 0. The highest BCUT2D eigenvalue weighted by Gasteiger charge is 2.28. The first-order valence-corrected chi connectivity index (χ1v) is 9.48. The van der Waals surface area contributed by atoms with E-state index in [1.165, 1.54) is 6.26 Å². The Balaban J connectivity index is 2.05. The highest BCUT2D eigenvalue weighted by Crippen LogP contribution is 2.29. The van der Waals surface area contributed by atoms with Crippen LogP contribution in [0.3, 0.4) is 0 Å². The van der Waals surface area contributed by atoms with Gasteiger partial charge in [-0.1, -0.05) is 12.5 Å². The Labute approximate surface area is 133 Å². The van der Waals surface area contributed by atoms with Gasteiger partial charge >= 0.3 is 0 Å². The Hall–Kier alpha value is -1.27. The second-order valence-corrected chi connectivity index (χ2v) is 7.69. The predicted octanol–water partition coefficient (Wildman–Crippen LogP) is 2.45. The molecule has 124 valence electrons. The molecule has 1 saturated heterocycles. The van der Waals surface area contributed by atoms with Gasteiger partial charge in [-0.05, 0) is 43.4 Å². The number of methoxy groups -OCH3 is 2. The first-order valence-electron chi connectivity index (χ1n) is 7.63. The molecule has 0 saturated carbocycles. The van der Waals surface area contributed by atoms with Crippen molar-refractivity contribution in [2.75, 3.05) is 27.0 Å². The van der Waals surface area contributed by atoms with Gasteiger partial charge in [0, 0.05) is 12.6 Å². The van der Waals surface area contributed by atoms with Crippen LogP contribution in [0.1, 0.15) is 31.2 Å². The van der Waals surface area contributed by atoms with Gasteiger partial charge in [0.25, 0.3) is 0 Å². The van der Waals surface area contributed by atoms with Crippen LogP contribution in [0.2, 0.25) is 0 Å². The second kappa shape index (κ2) is 7.33. The molecule has 22 heavy (non-hydrogen) atoms. The van der Waals surface area contributed by atoms with Crippen LogP contribution in [-0.2, 0) is 16.4 Å². The Morgan fingerprint density at radius 2 is 1.91 bits per heavy atom. The van der Waals surface area contributed by atoms with Crippen molar-refractivity contribution in [2.45, 2.75) is 38.1 Å². The van der Waals surface area contributed by atoms with E-state index in [9.17, 15) is 8.42 Å². The van der Waals surface area contributed by atoms with Gasteiger partial charge in [0.1, 0.15) is 0 Å². The number of rotatable bonds is 6. The maximum Gasteiger partial charge on any atom is 0.211 e. The van der Waals surface area contributed by atoms with Crippen molar-refractivity contribution in [1.82, 2.24) is 4.31 Å². The largest absolute Gasteiger partial charge is 0.493 e. The molecule has 0 N–H and O–H groups in total. The Morgan fingerprint density at radius 1 is 1.18 bits per heavy atom. The molecule has 0 spiro atoms. The summed E-state index contributed by atoms with van der Waals surface area (Å²) in [5, 5.41) is 0. The molecular formula is C16H25NO4S. The van der Waals surface area contributed by atoms with E-state index >= 15 is 0 Å². The first-order chi connectivity index (χ1) is 10.5. The van der Waals surface area contributed by atoms with Crippen LogP contribution >= 0.6 is 0 Å². The molecule has 1 aliphatic heterocycles. The number of sulfonamides is 1. The zero-order valence-electron chi connectivity index (χ0n) is 13.5. The summed E-state index contributed by atoms with van der Waals surface area (Å²) in [6.07, 6.45) is 5.98. The van der Waals surface area contributed by atoms with Crippen LogP contribution < -0.4 is 9.47 Å². The minimum Gasteiger partial charge on any atom is -0.493 e. The lowest BCUT2D eigenvalue weighted by Gasteiger charge is -2.33. The zero-order valence-corrected chi connectivity index (χ0v) is 14.4. The van der Waals surface area contributed by atoms with E-state index in [4.69, 9.17) is 9.47 Å². The summed E-state index contributed by atoms with van der Waals surface area (Å²) in [6.45, 7) is 0.648. The fourth-order valence-electron chi connectivity index (χ4n) is 3.07. The van der Waals surface area contributed by atoms with Crippen LogP contribution in [0, 0.1) is 0 Å². The van der Waals surface area contributed by atoms with Gasteiger partial charge in [-0.15, -0.1) is 0 Å². The maximum absolute atomic E-state index is 11.9. The third-order valence-electron chi connectivity index (χ3n) is 4.21. The van der Waals surface area contributed by atoms with Crippen LogP contribution in [0.15, 0.2) is 18.2 Å². The number of aryl methyl sites for hydroxylation is 1. The summed E-state index contributed by atoms with van der Waals surface area (Å²) in [7, 11) is 0.120. The average Bonchev–Trinajstić information content (AvgIpc) is 2.52. The van der Waals surface area contributed by atoms with Crippen molar-refractivity contribution in [1.29, 1.82) is 0 Å². The molecule has 0 aliphatic carbocycles. The molecule has 1 aromatic carbocycles. The van der Waals surface area contributed by atoms with E-state index in [1.807, 2.05) is 18.2 Å². The smallest absolute Gasteiger partial charge is 0.211 e. The Morgan fingerprint density at radius 3 is 2.55 bits per heavy atom. The van der Waals surface area contributed by atoms with Gasteiger partial charge in [0.05, 0.1) is 20.5 Å². The van der Waals surface area contributed by atoms with Gasteiger partial charge in [0.2, 0.25) is 10.0 Å². The van der Waals surface area contributed by atoms with Crippen molar-refractivity contribution < 1.29 is 17.9 Å². The molecule has 1 fully saturated rings. The zero-order chi connectivity index (χ0) is 16.2. The normalized spacial score (nSPS) is 19.9. The molecule has 1 atom stereocenters. The molecule has 0 aromatic heterocycles. The predicted molar refractivity (Wildman–Crippen MR) is 87.1 cm³/mol. The fraction of sp³-hybridized carbons (Fsp3) is 0.625. The molecule has 6 heteroatoms. The number of benzene rings is 1. The minimum atomic E-state index is -3.11. The molecule has 1 heterocycles. The quantitative estimate of drug-likeness (QED) is 0.805. The summed E-state index contributed by atoms with van der Waals surface area (Å²) in [5.74, 6) is 1.42. The van der Waals surface area contributed by atoms with E-state index in [0.29, 0.717) is 18.0 Å². The topological polar surface area (TPSA) is 55.8 Å². The van der Waals surface area contributed by atoms with Gasteiger partial charge in [-0.25, -0.2) is 8.42 Å². The highest BCUT2D eigenvalue weighted by molar-refractivity contribution is 7.88. The van der Waals surface area contributed by atoms with E-state index in [0.717, 1.165) is 37.7 Å². The summed E-state index contributed by atoms with van der Waals surface area (Å²) in [4.78, 5) is 0. The van der Waals surface area contributed by atoms with Crippen molar-refractivity contribution in [3.8, 4) is 11.5 Å². The fourth-order valence-corrected chi connectivity index (χ4v) is 4.28. The van der Waals surface area contributed by atoms with Crippen LogP contribution in [0.4, 0.5) is 0 Å². The molecule has 0 amide bonds. The molecular weight excluding hydrogens is 302 g/mol. The summed E-state index contributed by atoms with van der Waals surface area (Å²) in [6, 6.07) is 5.97. The number of piperidine rings is 1. The third-order valence-corrected chi connectivity index (χ3v) is 5.55. The van der Waals surface area contributed by atoms with E-state index in [1.54, 1.807) is 18.5 Å². The lowest BCUT2D eigenvalue weighted by Crippen LogP contribution is -2.43. The lowest BCUT2D eigenvalue weighted by atomic mass is 9.98. The maximum atomic E-state index is 11.9. The summed E-state index contributed by atoms with van der Waals surface area (Å²) in [5.41, 5.74) is 1.14. The molecule has 5 nitrogen and oxygen atoms in total. The molecule has 0 radical (unpaired) electrons. The van der Waals surface area contributed by atoms with Crippen LogP contribution in [0.5, 0.6) is 11.5 Å². The average molecular weight is 327 g/mol. The van der Waals surface area contributed by atoms with E-state index < -0.39 is 10.0 Å². The number of ether oxygens (including phenoxy) is 2. The molecule has 1 aromatic rings. The lowest BCUT2D eigenvalue weighted by molar-refractivity contribution is 0.242. The molecule has 2 rings (SSSR count).